The Hall–Kier alpha value is -1.86. The number of nitrogens with one attached hydrogen (secondary N) is 1. The van der Waals surface area contributed by atoms with Crippen molar-refractivity contribution in [3.05, 3.63) is 35.7 Å². The highest BCUT2D eigenvalue weighted by Crippen LogP contribution is 2.28. The van der Waals surface area contributed by atoms with Gasteiger partial charge < -0.3 is 9.15 Å². The number of ether oxygens (including phenoxy) is 1. The van der Waals surface area contributed by atoms with Gasteiger partial charge in [-0.25, -0.2) is 0 Å². The van der Waals surface area contributed by atoms with Crippen LogP contribution in [0.4, 0.5) is 6.01 Å². The number of thioether (sulfide) groups is 1. The van der Waals surface area contributed by atoms with Crippen molar-refractivity contribution in [2.45, 2.75) is 37.2 Å². The van der Waals surface area contributed by atoms with Gasteiger partial charge in [0.25, 0.3) is 0 Å². The summed E-state index contributed by atoms with van der Waals surface area (Å²) in [5, 5.41) is 10.4. The fraction of sp³-hybridized carbons (Fsp3) is 0.438. The fourth-order valence-corrected chi connectivity index (χ4v) is 3.07. The number of rotatable bonds is 6. The topological polar surface area (TPSA) is 77.2 Å². The van der Waals surface area contributed by atoms with Crippen molar-refractivity contribution >= 4 is 23.7 Å². The van der Waals surface area contributed by atoms with Gasteiger partial charge in [0, 0.05) is 11.5 Å². The molecule has 1 aromatic heterocycles. The van der Waals surface area contributed by atoms with Gasteiger partial charge in [-0.05, 0) is 36.3 Å². The molecule has 2 heterocycles. The maximum absolute atomic E-state index is 12.0. The second kappa shape index (κ2) is 7.61. The normalized spacial score (nSPS) is 17.3. The molecule has 1 unspecified atom stereocenters. The molecule has 7 heteroatoms. The number of hydrogen-bond donors (Lipinski definition) is 1. The molecule has 6 nitrogen and oxygen atoms in total. The molecule has 1 aliphatic rings. The number of nitrogens with zero attached hydrogens (tertiary/aromatic N) is 2. The van der Waals surface area contributed by atoms with E-state index in [1.165, 1.54) is 4.90 Å². The van der Waals surface area contributed by atoms with E-state index in [-0.39, 0.29) is 24.4 Å². The Balaban J connectivity index is 1.54. The molecule has 1 fully saturated rings. The minimum absolute atomic E-state index is 0.124. The Morgan fingerprint density at radius 2 is 2.17 bits per heavy atom. The van der Waals surface area contributed by atoms with Crippen LogP contribution in [0.2, 0.25) is 0 Å². The number of carbonyl (C=O) groups is 1. The van der Waals surface area contributed by atoms with Crippen LogP contribution in [0, 0.1) is 0 Å². The molecule has 2 aromatic rings. The maximum atomic E-state index is 12.0. The second-order valence-corrected chi connectivity index (χ2v) is 6.59. The molecule has 1 saturated heterocycles. The summed E-state index contributed by atoms with van der Waals surface area (Å²) in [5.41, 5.74) is 0.946. The number of anilines is 1. The largest absolute Gasteiger partial charge is 0.405 e. The lowest BCUT2D eigenvalue weighted by Gasteiger charge is -2.04. The summed E-state index contributed by atoms with van der Waals surface area (Å²) in [5.74, 6) is 1.28. The van der Waals surface area contributed by atoms with Gasteiger partial charge in [-0.3, -0.25) is 10.1 Å². The molecule has 23 heavy (non-hydrogen) atoms. The molecular weight excluding hydrogens is 314 g/mol. The van der Waals surface area contributed by atoms with Gasteiger partial charge in [-0.2, -0.15) is 0 Å². The third kappa shape index (κ3) is 4.33. The van der Waals surface area contributed by atoms with E-state index in [9.17, 15) is 4.79 Å². The average Bonchev–Trinajstić information content (AvgIpc) is 3.20. The Kier molecular flexibility index (Phi) is 5.30. The Bertz CT molecular complexity index is 651. The smallest absolute Gasteiger partial charge is 0.322 e. The Labute approximate surface area is 139 Å². The van der Waals surface area contributed by atoms with Crippen molar-refractivity contribution in [1.82, 2.24) is 10.2 Å². The lowest BCUT2D eigenvalue weighted by Crippen LogP contribution is -2.14. The number of benzene rings is 1. The average molecular weight is 333 g/mol. The highest BCUT2D eigenvalue weighted by molar-refractivity contribution is 7.99. The monoisotopic (exact) mass is 333 g/mol. The molecule has 3 rings (SSSR count). The molecule has 0 saturated carbocycles. The van der Waals surface area contributed by atoms with Gasteiger partial charge in [-0.1, -0.05) is 24.2 Å². The molecule has 1 N–H and O–H groups in total. The van der Waals surface area contributed by atoms with Gasteiger partial charge >= 0.3 is 6.01 Å². The standard InChI is InChI=1S/C16H19N3O3S/c1-2-23-12-7-5-11(6-8-12)10-14(20)17-16-19-18-15(22-16)13-4-3-9-21-13/h5-8,13H,2-4,9-10H2,1H3,(H,17,19,20). The number of carbonyl (C=O) groups excluding carboxylic acids is 1. The van der Waals surface area contributed by atoms with E-state index in [1.54, 1.807) is 11.8 Å². The molecule has 0 spiro atoms. The zero-order chi connectivity index (χ0) is 16.1. The predicted molar refractivity (Wildman–Crippen MR) is 87.4 cm³/mol. The number of hydrogen-bond acceptors (Lipinski definition) is 6. The minimum Gasteiger partial charge on any atom is -0.405 e. The van der Waals surface area contributed by atoms with Crippen LogP contribution in [0.1, 0.15) is 37.3 Å². The number of aromatic nitrogens is 2. The Morgan fingerprint density at radius 3 is 2.87 bits per heavy atom. The van der Waals surface area contributed by atoms with Crippen LogP contribution in [0.25, 0.3) is 0 Å². The van der Waals surface area contributed by atoms with Crippen molar-refractivity contribution in [3.8, 4) is 0 Å². The first kappa shape index (κ1) is 16.0. The summed E-state index contributed by atoms with van der Waals surface area (Å²) >= 11 is 1.77. The van der Waals surface area contributed by atoms with Gasteiger partial charge in [0.05, 0.1) is 6.42 Å². The first-order valence-corrected chi connectivity index (χ1v) is 8.69. The van der Waals surface area contributed by atoms with E-state index in [1.807, 2.05) is 24.3 Å². The van der Waals surface area contributed by atoms with E-state index in [2.05, 4.69) is 22.4 Å². The van der Waals surface area contributed by atoms with E-state index in [0.717, 1.165) is 24.2 Å². The molecular formula is C16H19N3O3S. The zero-order valence-corrected chi connectivity index (χ0v) is 13.8. The van der Waals surface area contributed by atoms with Crippen LogP contribution in [-0.4, -0.2) is 28.5 Å². The third-order valence-corrected chi connectivity index (χ3v) is 4.39. The molecule has 0 radical (unpaired) electrons. The summed E-state index contributed by atoms with van der Waals surface area (Å²) < 4.78 is 10.9. The summed E-state index contributed by atoms with van der Waals surface area (Å²) in [6.45, 7) is 2.82. The maximum Gasteiger partial charge on any atom is 0.322 e. The minimum atomic E-state index is -0.177. The molecule has 0 aliphatic carbocycles. The van der Waals surface area contributed by atoms with Crippen molar-refractivity contribution in [1.29, 1.82) is 0 Å². The second-order valence-electron chi connectivity index (χ2n) is 5.25. The van der Waals surface area contributed by atoms with Gasteiger partial charge in [-0.15, -0.1) is 16.9 Å². The molecule has 1 aromatic carbocycles. The lowest BCUT2D eigenvalue weighted by molar-refractivity contribution is -0.115. The molecule has 122 valence electrons. The van der Waals surface area contributed by atoms with Crippen molar-refractivity contribution < 1.29 is 13.9 Å². The lowest BCUT2D eigenvalue weighted by atomic mass is 10.1. The van der Waals surface area contributed by atoms with Crippen molar-refractivity contribution in [3.63, 3.8) is 0 Å². The SMILES string of the molecule is CCSc1ccc(CC(=O)Nc2nnc(C3CCCO3)o2)cc1. The van der Waals surface area contributed by atoms with Crippen LogP contribution < -0.4 is 5.32 Å². The van der Waals surface area contributed by atoms with E-state index >= 15 is 0 Å². The summed E-state index contributed by atoms with van der Waals surface area (Å²) in [7, 11) is 0. The summed E-state index contributed by atoms with van der Waals surface area (Å²) in [4.78, 5) is 13.3. The predicted octanol–water partition coefficient (Wildman–Crippen LogP) is 3.21. The molecule has 1 aliphatic heterocycles. The molecule has 1 atom stereocenters. The zero-order valence-electron chi connectivity index (χ0n) is 12.9. The molecule has 1 amide bonds. The van der Waals surface area contributed by atoms with E-state index in [4.69, 9.17) is 9.15 Å². The highest BCUT2D eigenvalue weighted by Gasteiger charge is 2.24. The first-order valence-electron chi connectivity index (χ1n) is 7.71. The van der Waals surface area contributed by atoms with Crippen molar-refractivity contribution in [2.24, 2.45) is 0 Å². The van der Waals surface area contributed by atoms with Gasteiger partial charge in [0.1, 0.15) is 6.10 Å². The van der Waals surface area contributed by atoms with Crippen molar-refractivity contribution in [2.75, 3.05) is 17.7 Å². The number of amides is 1. The van der Waals surface area contributed by atoms with Crippen LogP contribution in [0.5, 0.6) is 0 Å². The molecule has 0 bridgehead atoms. The van der Waals surface area contributed by atoms with Crippen LogP contribution >= 0.6 is 11.8 Å². The quantitative estimate of drug-likeness (QED) is 0.818. The first-order chi connectivity index (χ1) is 11.2. The van der Waals surface area contributed by atoms with Crippen LogP contribution in [-0.2, 0) is 16.0 Å². The van der Waals surface area contributed by atoms with Gasteiger partial charge in [0.15, 0.2) is 0 Å². The van der Waals surface area contributed by atoms with Crippen LogP contribution in [0.3, 0.4) is 0 Å². The third-order valence-electron chi connectivity index (χ3n) is 3.49. The summed E-state index contributed by atoms with van der Waals surface area (Å²) in [6.07, 6.45) is 1.99. The summed E-state index contributed by atoms with van der Waals surface area (Å²) in [6, 6.07) is 8.10. The van der Waals surface area contributed by atoms with E-state index < -0.39 is 0 Å². The fourth-order valence-electron chi connectivity index (χ4n) is 2.41. The van der Waals surface area contributed by atoms with Crippen LogP contribution in [0.15, 0.2) is 33.6 Å². The van der Waals surface area contributed by atoms with Gasteiger partial charge in [0.2, 0.25) is 11.8 Å². The Morgan fingerprint density at radius 1 is 1.35 bits per heavy atom. The highest BCUT2D eigenvalue weighted by atomic mass is 32.2. The van der Waals surface area contributed by atoms with E-state index in [0.29, 0.717) is 12.5 Å².